The van der Waals surface area contributed by atoms with Crippen molar-refractivity contribution in [3.05, 3.63) is 71.3 Å². The molecule has 0 saturated heterocycles. The van der Waals surface area contributed by atoms with E-state index in [-0.39, 0.29) is 0 Å². The van der Waals surface area contributed by atoms with Gasteiger partial charge in [-0.25, -0.2) is 0 Å². The minimum atomic E-state index is -4.39. The summed E-state index contributed by atoms with van der Waals surface area (Å²) < 4.78 is 38.4. The van der Waals surface area contributed by atoms with Crippen LogP contribution in [0.25, 0.3) is 0 Å². The van der Waals surface area contributed by atoms with Crippen molar-refractivity contribution in [1.82, 2.24) is 0 Å². The molecule has 0 aromatic heterocycles. The van der Waals surface area contributed by atoms with E-state index in [1.54, 1.807) is 6.07 Å². The summed E-state index contributed by atoms with van der Waals surface area (Å²) in [5.41, 5.74) is 0.148. The second-order valence-electron chi connectivity index (χ2n) is 5.55. The fourth-order valence-electron chi connectivity index (χ4n) is 2.83. The molecule has 0 bridgehead atoms. The molecule has 1 nitrogen and oxygen atoms in total. The number of benzene rings is 2. The molecule has 1 atom stereocenters. The van der Waals surface area contributed by atoms with Gasteiger partial charge in [0.05, 0.1) is 11.7 Å². The Balaban J connectivity index is 1.95. The molecule has 0 aliphatic heterocycles. The molecule has 2 aromatic carbocycles. The number of alkyl halides is 3. The number of hydrogen-bond acceptors (Lipinski definition) is 1. The fourth-order valence-corrected chi connectivity index (χ4v) is 2.83. The molecule has 0 amide bonds. The van der Waals surface area contributed by atoms with Crippen LogP contribution < -0.4 is 0 Å². The number of halogens is 3. The SMILES string of the molecule is OC(c1cccc(C(F)(F)F)c1)C1(c2ccccc2)CC1. The first-order valence-electron chi connectivity index (χ1n) is 6.84. The van der Waals surface area contributed by atoms with Gasteiger partial charge in [-0.05, 0) is 36.1 Å². The Morgan fingerprint density at radius 2 is 1.62 bits per heavy atom. The molecule has 1 saturated carbocycles. The normalized spacial score (nSPS) is 18.3. The van der Waals surface area contributed by atoms with E-state index in [0.29, 0.717) is 5.56 Å². The third-order valence-electron chi connectivity index (χ3n) is 4.19. The summed E-state index contributed by atoms with van der Waals surface area (Å²) in [5, 5.41) is 10.6. The summed E-state index contributed by atoms with van der Waals surface area (Å²) in [5.74, 6) is 0. The third-order valence-corrected chi connectivity index (χ3v) is 4.19. The Hall–Kier alpha value is -1.81. The van der Waals surface area contributed by atoms with E-state index >= 15 is 0 Å². The van der Waals surface area contributed by atoms with E-state index in [9.17, 15) is 18.3 Å². The molecule has 110 valence electrons. The smallest absolute Gasteiger partial charge is 0.387 e. The van der Waals surface area contributed by atoms with E-state index in [1.165, 1.54) is 6.07 Å². The highest BCUT2D eigenvalue weighted by Gasteiger charge is 2.51. The fraction of sp³-hybridized carbons (Fsp3) is 0.294. The van der Waals surface area contributed by atoms with Crippen molar-refractivity contribution in [2.24, 2.45) is 0 Å². The maximum Gasteiger partial charge on any atom is 0.416 e. The number of rotatable bonds is 3. The second kappa shape index (κ2) is 4.88. The van der Waals surface area contributed by atoms with Crippen molar-refractivity contribution >= 4 is 0 Å². The van der Waals surface area contributed by atoms with Gasteiger partial charge >= 0.3 is 6.18 Å². The van der Waals surface area contributed by atoms with E-state index < -0.39 is 23.3 Å². The van der Waals surface area contributed by atoms with Crippen LogP contribution in [-0.4, -0.2) is 5.11 Å². The molecule has 2 aromatic rings. The molecular weight excluding hydrogens is 277 g/mol. The molecule has 1 N–H and O–H groups in total. The number of hydrogen-bond donors (Lipinski definition) is 1. The number of aliphatic hydroxyl groups excluding tert-OH is 1. The molecule has 1 unspecified atom stereocenters. The Kier molecular flexibility index (Phi) is 3.29. The van der Waals surface area contributed by atoms with Crippen molar-refractivity contribution in [2.45, 2.75) is 30.5 Å². The Labute approximate surface area is 121 Å². The third kappa shape index (κ3) is 2.56. The average Bonchev–Trinajstić information content (AvgIpc) is 3.28. The Bertz CT molecular complexity index is 630. The van der Waals surface area contributed by atoms with Crippen molar-refractivity contribution in [3.8, 4) is 0 Å². The Morgan fingerprint density at radius 3 is 2.19 bits per heavy atom. The minimum Gasteiger partial charge on any atom is -0.387 e. The predicted octanol–water partition coefficient (Wildman–Crippen LogP) is 4.47. The van der Waals surface area contributed by atoms with Gasteiger partial charge in [-0.3, -0.25) is 0 Å². The first-order chi connectivity index (χ1) is 9.93. The lowest BCUT2D eigenvalue weighted by atomic mass is 9.85. The lowest BCUT2D eigenvalue weighted by Crippen LogP contribution is -2.19. The summed E-state index contributed by atoms with van der Waals surface area (Å²) in [6, 6.07) is 14.5. The lowest BCUT2D eigenvalue weighted by molar-refractivity contribution is -0.137. The van der Waals surface area contributed by atoms with Crippen LogP contribution in [0.2, 0.25) is 0 Å². The van der Waals surface area contributed by atoms with Crippen LogP contribution in [0.3, 0.4) is 0 Å². The standard InChI is InChI=1S/C17H15F3O/c18-17(19,20)14-8-4-5-12(11-14)15(21)16(9-10-16)13-6-2-1-3-7-13/h1-8,11,15,21H,9-10H2. The number of aliphatic hydroxyl groups is 1. The van der Waals surface area contributed by atoms with Gasteiger partial charge in [-0.1, -0.05) is 42.5 Å². The maximum atomic E-state index is 12.8. The summed E-state index contributed by atoms with van der Waals surface area (Å²) in [7, 11) is 0. The van der Waals surface area contributed by atoms with Gasteiger partial charge in [0.25, 0.3) is 0 Å². The highest BCUT2D eigenvalue weighted by Crippen LogP contribution is 2.56. The predicted molar refractivity (Wildman–Crippen MR) is 73.8 cm³/mol. The molecule has 1 aliphatic rings. The van der Waals surface area contributed by atoms with Crippen LogP contribution in [0.5, 0.6) is 0 Å². The van der Waals surface area contributed by atoms with Crippen LogP contribution in [0.4, 0.5) is 13.2 Å². The van der Waals surface area contributed by atoms with Crippen LogP contribution in [0, 0.1) is 0 Å². The quantitative estimate of drug-likeness (QED) is 0.885. The first-order valence-corrected chi connectivity index (χ1v) is 6.84. The van der Waals surface area contributed by atoms with Gasteiger partial charge in [-0.15, -0.1) is 0 Å². The molecule has 3 rings (SSSR count). The van der Waals surface area contributed by atoms with Crippen molar-refractivity contribution in [1.29, 1.82) is 0 Å². The monoisotopic (exact) mass is 292 g/mol. The van der Waals surface area contributed by atoms with Crippen LogP contribution >= 0.6 is 0 Å². The first kappa shape index (κ1) is 14.1. The molecule has 0 radical (unpaired) electrons. The summed E-state index contributed by atoms with van der Waals surface area (Å²) in [6.07, 6.45) is -3.73. The zero-order valence-corrected chi connectivity index (χ0v) is 11.3. The summed E-state index contributed by atoms with van der Waals surface area (Å²) in [4.78, 5) is 0. The van der Waals surface area contributed by atoms with Crippen molar-refractivity contribution in [2.75, 3.05) is 0 Å². The molecule has 1 fully saturated rings. The summed E-state index contributed by atoms with van der Waals surface area (Å²) in [6.45, 7) is 0. The molecule has 21 heavy (non-hydrogen) atoms. The molecule has 4 heteroatoms. The van der Waals surface area contributed by atoms with Gasteiger partial charge < -0.3 is 5.11 Å². The topological polar surface area (TPSA) is 20.2 Å². The van der Waals surface area contributed by atoms with E-state index in [4.69, 9.17) is 0 Å². The van der Waals surface area contributed by atoms with Crippen LogP contribution in [0.1, 0.15) is 35.6 Å². The largest absolute Gasteiger partial charge is 0.416 e. The molecule has 1 aliphatic carbocycles. The zero-order valence-electron chi connectivity index (χ0n) is 11.3. The zero-order chi connectivity index (χ0) is 15.1. The second-order valence-corrected chi connectivity index (χ2v) is 5.55. The van der Waals surface area contributed by atoms with Gasteiger partial charge in [-0.2, -0.15) is 13.2 Å². The molecule has 0 heterocycles. The van der Waals surface area contributed by atoms with E-state index in [0.717, 1.165) is 30.5 Å². The van der Waals surface area contributed by atoms with Gasteiger partial charge in [0.2, 0.25) is 0 Å². The summed E-state index contributed by atoms with van der Waals surface area (Å²) >= 11 is 0. The molecule has 0 spiro atoms. The van der Waals surface area contributed by atoms with Crippen molar-refractivity contribution < 1.29 is 18.3 Å². The average molecular weight is 292 g/mol. The van der Waals surface area contributed by atoms with E-state index in [1.807, 2.05) is 30.3 Å². The van der Waals surface area contributed by atoms with Crippen LogP contribution in [-0.2, 0) is 11.6 Å². The minimum absolute atomic E-state index is 0.325. The van der Waals surface area contributed by atoms with Crippen LogP contribution in [0.15, 0.2) is 54.6 Å². The lowest BCUT2D eigenvalue weighted by Gasteiger charge is -2.24. The van der Waals surface area contributed by atoms with Gasteiger partial charge in [0.1, 0.15) is 0 Å². The maximum absolute atomic E-state index is 12.8. The highest BCUT2D eigenvalue weighted by molar-refractivity contribution is 5.38. The van der Waals surface area contributed by atoms with Gasteiger partial charge in [0, 0.05) is 5.41 Å². The van der Waals surface area contributed by atoms with E-state index in [2.05, 4.69) is 0 Å². The highest BCUT2D eigenvalue weighted by atomic mass is 19.4. The molecular formula is C17H15F3O. The van der Waals surface area contributed by atoms with Crippen molar-refractivity contribution in [3.63, 3.8) is 0 Å². The Morgan fingerprint density at radius 1 is 0.952 bits per heavy atom. The van der Waals surface area contributed by atoms with Gasteiger partial charge in [0.15, 0.2) is 0 Å².